The molecular formula is C13H12ClNO3. The lowest BCUT2D eigenvalue weighted by atomic mass is 10.2. The SMILES string of the molecule is O=C(CCCCl)Nc1cc2ccccc2oc1=O. The second-order valence-electron chi connectivity index (χ2n) is 3.83. The number of para-hydroxylation sites is 1. The van der Waals surface area contributed by atoms with Gasteiger partial charge in [0, 0.05) is 17.7 Å². The van der Waals surface area contributed by atoms with Crippen LogP contribution in [-0.4, -0.2) is 11.8 Å². The number of alkyl halides is 1. The van der Waals surface area contributed by atoms with Crippen molar-refractivity contribution >= 4 is 34.2 Å². The van der Waals surface area contributed by atoms with Gasteiger partial charge in [0.05, 0.1) is 0 Å². The number of nitrogens with one attached hydrogen (secondary N) is 1. The number of benzene rings is 1. The van der Waals surface area contributed by atoms with Crippen LogP contribution in [0.15, 0.2) is 39.5 Å². The number of rotatable bonds is 4. The van der Waals surface area contributed by atoms with Gasteiger partial charge in [-0.05, 0) is 18.6 Å². The van der Waals surface area contributed by atoms with Gasteiger partial charge >= 0.3 is 5.63 Å². The summed E-state index contributed by atoms with van der Waals surface area (Å²) in [6, 6.07) is 8.74. The van der Waals surface area contributed by atoms with Crippen LogP contribution in [0.2, 0.25) is 0 Å². The lowest BCUT2D eigenvalue weighted by Gasteiger charge is -2.04. The first-order valence-electron chi connectivity index (χ1n) is 5.59. The highest BCUT2D eigenvalue weighted by Gasteiger charge is 2.08. The smallest absolute Gasteiger partial charge is 0.360 e. The molecule has 0 saturated heterocycles. The summed E-state index contributed by atoms with van der Waals surface area (Å²) in [4.78, 5) is 23.1. The Balaban J connectivity index is 2.25. The molecule has 2 rings (SSSR count). The highest BCUT2D eigenvalue weighted by molar-refractivity contribution is 6.18. The summed E-state index contributed by atoms with van der Waals surface area (Å²) in [5.41, 5.74) is 0.113. The largest absolute Gasteiger partial charge is 0.421 e. The first kappa shape index (κ1) is 12.6. The van der Waals surface area contributed by atoms with E-state index in [1.807, 2.05) is 12.1 Å². The molecule has 1 aromatic heterocycles. The highest BCUT2D eigenvalue weighted by atomic mass is 35.5. The first-order valence-corrected chi connectivity index (χ1v) is 6.13. The minimum atomic E-state index is -0.548. The van der Waals surface area contributed by atoms with Crippen LogP contribution in [0.3, 0.4) is 0 Å². The molecule has 4 nitrogen and oxygen atoms in total. The standard InChI is InChI=1S/C13H12ClNO3/c14-7-3-6-12(16)15-10-8-9-4-1-2-5-11(9)18-13(10)17/h1-2,4-5,8H,3,6-7H2,(H,15,16). The molecule has 1 amide bonds. The van der Waals surface area contributed by atoms with E-state index in [0.717, 1.165) is 5.39 Å². The number of hydrogen-bond donors (Lipinski definition) is 1. The van der Waals surface area contributed by atoms with Crippen LogP contribution in [0.4, 0.5) is 5.69 Å². The predicted molar refractivity (Wildman–Crippen MR) is 71.1 cm³/mol. The van der Waals surface area contributed by atoms with Crippen molar-refractivity contribution in [3.8, 4) is 0 Å². The summed E-state index contributed by atoms with van der Waals surface area (Å²) in [7, 11) is 0. The van der Waals surface area contributed by atoms with Crippen LogP contribution in [-0.2, 0) is 4.79 Å². The second kappa shape index (κ2) is 5.69. The van der Waals surface area contributed by atoms with Crippen molar-refractivity contribution in [2.75, 3.05) is 11.2 Å². The fourth-order valence-corrected chi connectivity index (χ4v) is 1.72. The molecule has 94 valence electrons. The molecule has 0 aliphatic carbocycles. The molecule has 0 spiro atoms. The number of carbonyl (C=O) groups is 1. The summed E-state index contributed by atoms with van der Waals surface area (Å²) >= 11 is 5.50. The van der Waals surface area contributed by atoms with E-state index in [9.17, 15) is 9.59 Å². The van der Waals surface area contributed by atoms with Gasteiger partial charge < -0.3 is 9.73 Å². The molecule has 0 radical (unpaired) electrons. The Morgan fingerprint density at radius 1 is 1.33 bits per heavy atom. The van der Waals surface area contributed by atoms with Gasteiger partial charge in [-0.15, -0.1) is 11.6 Å². The molecule has 0 unspecified atom stereocenters. The third-order valence-corrected chi connectivity index (χ3v) is 2.72. The molecular weight excluding hydrogens is 254 g/mol. The fourth-order valence-electron chi connectivity index (χ4n) is 1.59. The third kappa shape index (κ3) is 2.90. The molecule has 0 aliphatic heterocycles. The van der Waals surface area contributed by atoms with Crippen LogP contribution in [0.5, 0.6) is 0 Å². The molecule has 1 N–H and O–H groups in total. The van der Waals surface area contributed by atoms with Crippen molar-refractivity contribution in [1.82, 2.24) is 0 Å². The normalized spacial score (nSPS) is 10.5. The lowest BCUT2D eigenvalue weighted by molar-refractivity contribution is -0.116. The molecule has 0 saturated carbocycles. The van der Waals surface area contributed by atoms with Gasteiger partial charge in [-0.3, -0.25) is 4.79 Å². The van der Waals surface area contributed by atoms with Crippen LogP contribution < -0.4 is 10.9 Å². The summed E-state index contributed by atoms with van der Waals surface area (Å²) < 4.78 is 5.10. The molecule has 18 heavy (non-hydrogen) atoms. The molecule has 2 aromatic rings. The maximum Gasteiger partial charge on any atom is 0.360 e. The third-order valence-electron chi connectivity index (χ3n) is 2.45. The van der Waals surface area contributed by atoms with E-state index in [1.54, 1.807) is 18.2 Å². The van der Waals surface area contributed by atoms with Crippen LogP contribution in [0.1, 0.15) is 12.8 Å². The monoisotopic (exact) mass is 265 g/mol. The zero-order valence-corrected chi connectivity index (χ0v) is 10.4. The predicted octanol–water partition coefficient (Wildman–Crippen LogP) is 2.75. The van der Waals surface area contributed by atoms with E-state index >= 15 is 0 Å². The Labute approximate surface area is 109 Å². The van der Waals surface area contributed by atoms with Crippen molar-refractivity contribution in [2.45, 2.75) is 12.8 Å². The maximum atomic E-state index is 11.6. The summed E-state index contributed by atoms with van der Waals surface area (Å²) in [6.07, 6.45) is 0.863. The minimum absolute atomic E-state index is 0.160. The van der Waals surface area contributed by atoms with Crippen molar-refractivity contribution < 1.29 is 9.21 Å². The number of anilines is 1. The molecule has 0 aliphatic rings. The fraction of sp³-hybridized carbons (Fsp3) is 0.231. The van der Waals surface area contributed by atoms with Crippen LogP contribution in [0.25, 0.3) is 11.0 Å². The van der Waals surface area contributed by atoms with E-state index in [0.29, 0.717) is 17.9 Å². The number of fused-ring (bicyclic) bond motifs is 1. The van der Waals surface area contributed by atoms with Crippen molar-refractivity contribution in [3.63, 3.8) is 0 Å². The molecule has 0 atom stereocenters. The summed E-state index contributed by atoms with van der Waals surface area (Å²) in [5, 5.41) is 3.30. The van der Waals surface area contributed by atoms with Crippen molar-refractivity contribution in [2.24, 2.45) is 0 Å². The van der Waals surface area contributed by atoms with Gasteiger partial charge in [-0.2, -0.15) is 0 Å². The zero-order valence-electron chi connectivity index (χ0n) is 9.61. The van der Waals surface area contributed by atoms with Gasteiger partial charge in [0.1, 0.15) is 11.3 Å². The lowest BCUT2D eigenvalue weighted by Crippen LogP contribution is -2.17. The Morgan fingerprint density at radius 3 is 2.89 bits per heavy atom. The quantitative estimate of drug-likeness (QED) is 0.683. The van der Waals surface area contributed by atoms with Gasteiger partial charge in [-0.25, -0.2) is 4.79 Å². The number of amides is 1. The Hall–Kier alpha value is -1.81. The highest BCUT2D eigenvalue weighted by Crippen LogP contribution is 2.15. The molecule has 1 aromatic carbocycles. The van der Waals surface area contributed by atoms with E-state index in [1.165, 1.54) is 0 Å². The van der Waals surface area contributed by atoms with Gasteiger partial charge in [0.25, 0.3) is 0 Å². The Bertz CT molecular complexity index is 621. The number of hydrogen-bond acceptors (Lipinski definition) is 3. The first-order chi connectivity index (χ1) is 8.70. The van der Waals surface area contributed by atoms with Crippen LogP contribution >= 0.6 is 11.6 Å². The van der Waals surface area contributed by atoms with Crippen molar-refractivity contribution in [1.29, 1.82) is 0 Å². The average molecular weight is 266 g/mol. The number of carbonyl (C=O) groups excluding carboxylic acids is 1. The molecule has 0 fully saturated rings. The zero-order chi connectivity index (χ0) is 13.0. The van der Waals surface area contributed by atoms with E-state index in [2.05, 4.69) is 5.32 Å². The van der Waals surface area contributed by atoms with Gasteiger partial charge in [0.2, 0.25) is 5.91 Å². The van der Waals surface area contributed by atoms with Crippen LogP contribution in [0, 0.1) is 0 Å². The van der Waals surface area contributed by atoms with E-state index in [-0.39, 0.29) is 18.0 Å². The van der Waals surface area contributed by atoms with Gasteiger partial charge in [0.15, 0.2) is 0 Å². The molecule has 1 heterocycles. The summed E-state index contributed by atoms with van der Waals surface area (Å²) in [6.45, 7) is 0. The molecule has 5 heteroatoms. The number of halogens is 1. The maximum absolute atomic E-state index is 11.6. The Morgan fingerprint density at radius 2 is 2.11 bits per heavy atom. The topological polar surface area (TPSA) is 59.3 Å². The average Bonchev–Trinajstić information content (AvgIpc) is 2.37. The molecule has 0 bridgehead atoms. The second-order valence-corrected chi connectivity index (χ2v) is 4.20. The minimum Gasteiger partial charge on any atom is -0.421 e. The Kier molecular flexibility index (Phi) is 3.99. The van der Waals surface area contributed by atoms with E-state index < -0.39 is 5.63 Å². The van der Waals surface area contributed by atoms with Gasteiger partial charge in [-0.1, -0.05) is 18.2 Å². The summed E-state index contributed by atoms with van der Waals surface area (Å²) in [5.74, 6) is 0.179. The van der Waals surface area contributed by atoms with E-state index in [4.69, 9.17) is 16.0 Å². The van der Waals surface area contributed by atoms with Crippen molar-refractivity contribution in [3.05, 3.63) is 40.8 Å².